The molecule has 2 aromatic rings. The summed E-state index contributed by atoms with van der Waals surface area (Å²) in [4.78, 5) is 14.9. The number of sulfonamides is 1. The van der Waals surface area contributed by atoms with Crippen molar-refractivity contribution in [1.82, 2.24) is 14.5 Å². The molecule has 6 nitrogen and oxygen atoms in total. The van der Waals surface area contributed by atoms with Crippen LogP contribution in [0.3, 0.4) is 0 Å². The molecule has 0 radical (unpaired) electrons. The highest BCUT2D eigenvalue weighted by molar-refractivity contribution is 7.89. The fraction of sp³-hybridized carbons (Fsp3) is 0.500. The number of rotatable bonds is 8. The monoisotopic (exact) mass is 449 g/mol. The van der Waals surface area contributed by atoms with Gasteiger partial charge in [-0.15, -0.1) is 0 Å². The maximum absolute atomic E-state index is 13.0. The minimum atomic E-state index is -3.55. The summed E-state index contributed by atoms with van der Waals surface area (Å²) in [5.41, 5.74) is 1.62. The third kappa shape index (κ3) is 5.29. The van der Waals surface area contributed by atoms with E-state index in [9.17, 15) is 13.2 Å². The molecule has 0 saturated heterocycles. The third-order valence-electron chi connectivity index (χ3n) is 5.89. The molecule has 30 heavy (non-hydrogen) atoms. The molecule has 1 fully saturated rings. The first-order chi connectivity index (χ1) is 14.3. The second-order valence-corrected chi connectivity index (χ2v) is 10.9. The summed E-state index contributed by atoms with van der Waals surface area (Å²) in [7, 11) is 2.08. The lowest BCUT2D eigenvalue weighted by molar-refractivity contribution is 0.0942. The average Bonchev–Trinajstić information content (AvgIpc) is 3.28. The quantitative estimate of drug-likeness (QED) is 0.667. The van der Waals surface area contributed by atoms with Crippen LogP contribution in [0.15, 0.2) is 46.0 Å². The summed E-state index contributed by atoms with van der Waals surface area (Å²) in [5.74, 6) is -0.207. The van der Waals surface area contributed by atoms with Crippen molar-refractivity contribution in [3.8, 4) is 0 Å². The van der Waals surface area contributed by atoms with Crippen molar-refractivity contribution in [1.29, 1.82) is 0 Å². The predicted molar refractivity (Wildman–Crippen MR) is 121 cm³/mol. The lowest BCUT2D eigenvalue weighted by Crippen LogP contribution is -2.38. The van der Waals surface area contributed by atoms with Crippen LogP contribution in [0.2, 0.25) is 0 Å². The van der Waals surface area contributed by atoms with Crippen molar-refractivity contribution in [2.75, 3.05) is 27.7 Å². The number of hydrogen-bond donors (Lipinski definition) is 1. The molecule has 164 valence electrons. The maximum atomic E-state index is 13.0. The molecule has 3 rings (SSSR count). The summed E-state index contributed by atoms with van der Waals surface area (Å²) >= 11 is 1.63. The molecule has 1 atom stereocenters. The Morgan fingerprint density at radius 2 is 1.77 bits per heavy atom. The number of nitrogens with zero attached hydrogens (tertiary/aromatic N) is 2. The molecule has 1 aromatic carbocycles. The van der Waals surface area contributed by atoms with Crippen molar-refractivity contribution in [3.63, 3.8) is 0 Å². The highest BCUT2D eigenvalue weighted by Crippen LogP contribution is 2.26. The van der Waals surface area contributed by atoms with Gasteiger partial charge in [-0.05, 0) is 73.6 Å². The molecule has 0 aliphatic heterocycles. The van der Waals surface area contributed by atoms with Crippen LogP contribution in [0.5, 0.6) is 0 Å². The van der Waals surface area contributed by atoms with Crippen molar-refractivity contribution in [3.05, 3.63) is 52.2 Å². The normalized spacial score (nSPS) is 16.7. The first kappa shape index (κ1) is 22.9. The van der Waals surface area contributed by atoms with Gasteiger partial charge in [0.25, 0.3) is 5.91 Å². The summed E-state index contributed by atoms with van der Waals surface area (Å²) in [6.07, 6.45) is 5.14. The van der Waals surface area contributed by atoms with Gasteiger partial charge >= 0.3 is 0 Å². The Balaban J connectivity index is 1.65. The Morgan fingerprint density at radius 1 is 1.10 bits per heavy atom. The van der Waals surface area contributed by atoms with Gasteiger partial charge in [0.1, 0.15) is 0 Å². The van der Waals surface area contributed by atoms with Crippen LogP contribution < -0.4 is 5.32 Å². The predicted octanol–water partition coefficient (Wildman–Crippen LogP) is 3.73. The number of benzene rings is 1. The van der Waals surface area contributed by atoms with Crippen LogP contribution in [0, 0.1) is 0 Å². The lowest BCUT2D eigenvalue weighted by atomic mass is 9.96. The molecule has 1 aromatic heterocycles. The van der Waals surface area contributed by atoms with E-state index in [1.54, 1.807) is 30.5 Å². The van der Waals surface area contributed by atoms with Gasteiger partial charge < -0.3 is 10.2 Å². The third-order valence-corrected chi connectivity index (χ3v) is 8.52. The maximum Gasteiger partial charge on any atom is 0.251 e. The van der Waals surface area contributed by atoms with E-state index in [0.29, 0.717) is 12.1 Å². The van der Waals surface area contributed by atoms with Gasteiger partial charge in [0.05, 0.1) is 10.9 Å². The molecule has 8 heteroatoms. The number of amides is 1. The van der Waals surface area contributed by atoms with E-state index in [1.807, 2.05) is 19.5 Å². The average molecular weight is 450 g/mol. The van der Waals surface area contributed by atoms with Gasteiger partial charge in [0.15, 0.2) is 0 Å². The van der Waals surface area contributed by atoms with Crippen LogP contribution in [-0.2, 0) is 10.0 Å². The Kier molecular flexibility index (Phi) is 7.68. The molecule has 1 amide bonds. The molecular weight excluding hydrogens is 418 g/mol. The minimum absolute atomic E-state index is 0.0618. The summed E-state index contributed by atoms with van der Waals surface area (Å²) < 4.78 is 27.4. The number of thiophene rings is 1. The number of likely N-dealkylation sites (N-methyl/N-ethyl adjacent to an activating group) is 1. The smallest absolute Gasteiger partial charge is 0.251 e. The number of carbonyl (C=O) groups is 1. The second-order valence-electron chi connectivity index (χ2n) is 8.08. The van der Waals surface area contributed by atoms with Crippen LogP contribution in [0.4, 0.5) is 0 Å². The summed E-state index contributed by atoms with van der Waals surface area (Å²) in [6.45, 7) is 0.479. The fourth-order valence-corrected chi connectivity index (χ4v) is 6.06. The number of hydrogen-bond acceptors (Lipinski definition) is 5. The fourth-order valence-electron chi connectivity index (χ4n) is 3.94. The van der Waals surface area contributed by atoms with Crippen LogP contribution >= 0.6 is 11.3 Å². The zero-order valence-electron chi connectivity index (χ0n) is 17.9. The van der Waals surface area contributed by atoms with Gasteiger partial charge in [0.2, 0.25) is 10.0 Å². The summed E-state index contributed by atoms with van der Waals surface area (Å²) in [6, 6.07) is 8.45. The Morgan fingerprint density at radius 3 is 2.33 bits per heavy atom. The highest BCUT2D eigenvalue weighted by atomic mass is 32.2. The molecule has 1 saturated carbocycles. The minimum Gasteiger partial charge on any atom is -0.350 e. The van der Waals surface area contributed by atoms with E-state index >= 15 is 0 Å². The van der Waals surface area contributed by atoms with Gasteiger partial charge in [0, 0.05) is 25.2 Å². The Labute approximate surface area is 183 Å². The van der Waals surface area contributed by atoms with Crippen molar-refractivity contribution in [2.24, 2.45) is 0 Å². The van der Waals surface area contributed by atoms with Crippen LogP contribution in [0.25, 0.3) is 0 Å². The lowest BCUT2D eigenvalue weighted by Gasteiger charge is -2.30. The standard InChI is InChI=1S/C22H31N3O3S2/c1-24(2)21(18-13-14-29-16-18)15-23-22(26)17-9-11-20(12-10-17)30(27,28)25(3)19-7-5-4-6-8-19/h9-14,16,19,21H,4-8,15H2,1-3H3,(H,23,26). The van der Waals surface area contributed by atoms with E-state index in [0.717, 1.165) is 31.2 Å². The Hall–Kier alpha value is -1.74. The first-order valence-corrected chi connectivity index (χ1v) is 12.7. The van der Waals surface area contributed by atoms with Crippen LogP contribution in [-0.4, -0.2) is 57.3 Å². The molecule has 1 N–H and O–H groups in total. The topological polar surface area (TPSA) is 69.7 Å². The largest absolute Gasteiger partial charge is 0.350 e. The molecule has 1 unspecified atom stereocenters. The molecule has 1 aliphatic carbocycles. The van der Waals surface area contributed by atoms with Crippen LogP contribution in [0.1, 0.15) is 54.1 Å². The number of carbonyl (C=O) groups excluding carboxylic acids is 1. The molecule has 0 bridgehead atoms. The zero-order valence-corrected chi connectivity index (χ0v) is 19.5. The Bertz CT molecular complexity index is 919. The van der Waals surface area contributed by atoms with Crippen molar-refractivity contribution >= 4 is 27.3 Å². The molecular formula is C22H31N3O3S2. The SMILES string of the molecule is CN(C)C(CNC(=O)c1ccc(S(=O)(=O)N(C)C2CCCCC2)cc1)c1ccsc1. The van der Waals surface area contributed by atoms with E-state index in [4.69, 9.17) is 0 Å². The van der Waals surface area contributed by atoms with Gasteiger partial charge in [-0.2, -0.15) is 15.6 Å². The summed E-state index contributed by atoms with van der Waals surface area (Å²) in [5, 5.41) is 7.07. The van der Waals surface area contributed by atoms with Gasteiger partial charge in [-0.25, -0.2) is 8.42 Å². The van der Waals surface area contributed by atoms with Crippen molar-refractivity contribution < 1.29 is 13.2 Å². The van der Waals surface area contributed by atoms with Gasteiger partial charge in [-0.1, -0.05) is 19.3 Å². The van der Waals surface area contributed by atoms with E-state index in [2.05, 4.69) is 21.7 Å². The molecule has 1 heterocycles. The molecule has 0 spiro atoms. The molecule has 1 aliphatic rings. The zero-order chi connectivity index (χ0) is 21.7. The van der Waals surface area contributed by atoms with Crippen molar-refractivity contribution in [2.45, 2.75) is 49.1 Å². The van der Waals surface area contributed by atoms with E-state index in [1.165, 1.54) is 22.9 Å². The van der Waals surface area contributed by atoms with E-state index < -0.39 is 10.0 Å². The second kappa shape index (κ2) is 10.0. The number of nitrogens with one attached hydrogen (secondary N) is 1. The van der Waals surface area contributed by atoms with E-state index in [-0.39, 0.29) is 22.9 Å². The highest BCUT2D eigenvalue weighted by Gasteiger charge is 2.29. The van der Waals surface area contributed by atoms with Gasteiger partial charge in [-0.3, -0.25) is 4.79 Å². The first-order valence-electron chi connectivity index (χ1n) is 10.4.